The van der Waals surface area contributed by atoms with Crippen LogP contribution in [0.3, 0.4) is 0 Å². The summed E-state index contributed by atoms with van der Waals surface area (Å²) in [5.41, 5.74) is 5.66. The second-order valence-electron chi connectivity index (χ2n) is 5.63. The molecule has 0 amide bonds. The molecule has 20 heavy (non-hydrogen) atoms. The lowest BCUT2D eigenvalue weighted by atomic mass is 9.95. The number of rotatable bonds is 2. The number of fused-ring (bicyclic) bond motifs is 3. The maximum atomic E-state index is 3.66. The second kappa shape index (κ2) is 4.80. The van der Waals surface area contributed by atoms with E-state index in [1.165, 1.54) is 40.7 Å². The van der Waals surface area contributed by atoms with E-state index in [9.17, 15) is 0 Å². The van der Waals surface area contributed by atoms with Gasteiger partial charge in [0, 0.05) is 23.7 Å². The number of H-pyrrole nitrogens is 1. The Kier molecular flexibility index (Phi) is 2.82. The average molecular weight is 263 g/mol. The van der Waals surface area contributed by atoms with Crippen molar-refractivity contribution in [2.75, 3.05) is 6.54 Å². The summed E-state index contributed by atoms with van der Waals surface area (Å²) in [6.07, 6.45) is 2.27. The van der Waals surface area contributed by atoms with Crippen LogP contribution < -0.4 is 5.32 Å². The van der Waals surface area contributed by atoms with Gasteiger partial charge in [-0.25, -0.2) is 0 Å². The number of aromatic amines is 1. The molecule has 2 heteroatoms. The zero-order chi connectivity index (χ0) is 13.4. The summed E-state index contributed by atoms with van der Waals surface area (Å²) in [5.74, 6) is 0. The third-order valence-corrected chi connectivity index (χ3v) is 4.36. The molecule has 0 radical (unpaired) electrons. The van der Waals surface area contributed by atoms with E-state index in [-0.39, 0.29) is 0 Å². The Balaban J connectivity index is 1.75. The molecule has 0 fully saturated rings. The van der Waals surface area contributed by atoms with Crippen molar-refractivity contribution in [1.29, 1.82) is 0 Å². The molecule has 1 atom stereocenters. The fourth-order valence-corrected chi connectivity index (χ4v) is 3.41. The van der Waals surface area contributed by atoms with Gasteiger partial charge < -0.3 is 10.3 Å². The number of quaternary nitrogens is 1. The number of nitrogens with two attached hydrogens (primary N) is 1. The van der Waals surface area contributed by atoms with Gasteiger partial charge in [0.05, 0.1) is 12.2 Å². The molecule has 0 aliphatic carbocycles. The Hall–Kier alpha value is -2.06. The van der Waals surface area contributed by atoms with E-state index >= 15 is 0 Å². The van der Waals surface area contributed by atoms with Gasteiger partial charge in [-0.2, -0.15) is 0 Å². The molecular weight excluding hydrogens is 244 g/mol. The summed E-state index contributed by atoms with van der Waals surface area (Å²) in [6.45, 7) is 1.19. The number of hydrogen-bond donors (Lipinski definition) is 2. The summed E-state index contributed by atoms with van der Waals surface area (Å²) < 4.78 is 0. The van der Waals surface area contributed by atoms with Crippen LogP contribution in [0.1, 0.15) is 22.9 Å². The SMILES string of the molecule is c1ccc(C[C@H]2[NH2+]CCc3c2[nH]c2ccccc32)cc1. The molecular formula is C18H19N2+. The lowest BCUT2D eigenvalue weighted by molar-refractivity contribution is -0.699. The van der Waals surface area contributed by atoms with Crippen LogP contribution in [-0.4, -0.2) is 11.5 Å². The second-order valence-corrected chi connectivity index (χ2v) is 5.63. The monoisotopic (exact) mass is 263 g/mol. The quantitative estimate of drug-likeness (QED) is 0.712. The largest absolute Gasteiger partial charge is 0.353 e. The fraction of sp³-hybridized carbons (Fsp3) is 0.222. The van der Waals surface area contributed by atoms with E-state index in [0.29, 0.717) is 6.04 Å². The fourth-order valence-electron chi connectivity index (χ4n) is 3.41. The summed E-state index contributed by atoms with van der Waals surface area (Å²) in [4.78, 5) is 3.66. The molecule has 3 aromatic rings. The number of nitrogens with one attached hydrogen (secondary N) is 1. The zero-order valence-electron chi connectivity index (χ0n) is 11.5. The predicted molar refractivity (Wildman–Crippen MR) is 81.7 cm³/mol. The minimum absolute atomic E-state index is 0.522. The molecule has 100 valence electrons. The average Bonchev–Trinajstić information content (AvgIpc) is 2.88. The van der Waals surface area contributed by atoms with E-state index in [4.69, 9.17) is 0 Å². The van der Waals surface area contributed by atoms with E-state index in [2.05, 4.69) is 64.9 Å². The highest BCUT2D eigenvalue weighted by Gasteiger charge is 2.26. The first-order valence-electron chi connectivity index (χ1n) is 7.38. The lowest BCUT2D eigenvalue weighted by Gasteiger charge is -2.21. The molecule has 0 saturated carbocycles. The minimum Gasteiger partial charge on any atom is -0.353 e. The molecule has 2 aromatic carbocycles. The molecule has 1 aliphatic heterocycles. The van der Waals surface area contributed by atoms with Crippen molar-refractivity contribution >= 4 is 10.9 Å². The minimum atomic E-state index is 0.522. The van der Waals surface area contributed by atoms with E-state index in [0.717, 1.165) is 6.42 Å². The molecule has 3 N–H and O–H groups in total. The van der Waals surface area contributed by atoms with Gasteiger partial charge in [-0.3, -0.25) is 0 Å². The first-order chi connectivity index (χ1) is 9.92. The maximum Gasteiger partial charge on any atom is 0.131 e. The Morgan fingerprint density at radius 2 is 1.80 bits per heavy atom. The Bertz CT molecular complexity index is 728. The number of hydrogen-bond acceptors (Lipinski definition) is 0. The third kappa shape index (κ3) is 1.93. The molecule has 4 rings (SSSR count). The molecule has 2 nitrogen and oxygen atoms in total. The highest BCUT2D eigenvalue weighted by molar-refractivity contribution is 5.84. The molecule has 1 aliphatic rings. The van der Waals surface area contributed by atoms with Crippen LogP contribution in [0.25, 0.3) is 10.9 Å². The standard InChI is InChI=1S/C18H18N2/c1-2-6-13(7-3-1)12-17-18-15(10-11-19-17)14-8-4-5-9-16(14)20-18/h1-9,17,19-20H,10-12H2/p+1/t17-/m1/s1. The lowest BCUT2D eigenvalue weighted by Crippen LogP contribution is -2.87. The van der Waals surface area contributed by atoms with Crippen molar-refractivity contribution in [3.8, 4) is 0 Å². The maximum absolute atomic E-state index is 3.66. The summed E-state index contributed by atoms with van der Waals surface area (Å²) in [5, 5.41) is 3.89. The summed E-state index contributed by atoms with van der Waals surface area (Å²) in [7, 11) is 0. The van der Waals surface area contributed by atoms with E-state index in [1.807, 2.05) is 0 Å². The van der Waals surface area contributed by atoms with Crippen molar-refractivity contribution in [2.45, 2.75) is 18.9 Å². The van der Waals surface area contributed by atoms with Crippen molar-refractivity contribution in [3.63, 3.8) is 0 Å². The van der Waals surface area contributed by atoms with Gasteiger partial charge in [0.2, 0.25) is 0 Å². The van der Waals surface area contributed by atoms with Gasteiger partial charge in [0.25, 0.3) is 0 Å². The Labute approximate surface area is 118 Å². The van der Waals surface area contributed by atoms with Crippen LogP contribution in [0.5, 0.6) is 0 Å². The predicted octanol–water partition coefficient (Wildman–Crippen LogP) is 2.57. The van der Waals surface area contributed by atoms with Crippen LogP contribution in [-0.2, 0) is 12.8 Å². The van der Waals surface area contributed by atoms with Gasteiger partial charge in [-0.05, 0) is 17.2 Å². The zero-order valence-corrected chi connectivity index (χ0v) is 11.5. The van der Waals surface area contributed by atoms with Crippen molar-refractivity contribution in [1.82, 2.24) is 4.98 Å². The van der Waals surface area contributed by atoms with Crippen LogP contribution >= 0.6 is 0 Å². The van der Waals surface area contributed by atoms with Gasteiger partial charge in [0.15, 0.2) is 0 Å². The Morgan fingerprint density at radius 3 is 2.70 bits per heavy atom. The summed E-state index contributed by atoms with van der Waals surface area (Å²) in [6, 6.07) is 20.0. The van der Waals surface area contributed by atoms with Crippen LogP contribution in [0.15, 0.2) is 54.6 Å². The summed E-state index contributed by atoms with van der Waals surface area (Å²) >= 11 is 0. The molecule has 0 saturated heterocycles. The van der Waals surface area contributed by atoms with Gasteiger partial charge in [0.1, 0.15) is 6.04 Å². The number of para-hydroxylation sites is 1. The first-order valence-corrected chi connectivity index (χ1v) is 7.38. The van der Waals surface area contributed by atoms with E-state index < -0.39 is 0 Å². The highest BCUT2D eigenvalue weighted by atomic mass is 15.0. The van der Waals surface area contributed by atoms with Gasteiger partial charge >= 0.3 is 0 Å². The van der Waals surface area contributed by atoms with Crippen LogP contribution in [0.4, 0.5) is 0 Å². The van der Waals surface area contributed by atoms with Crippen LogP contribution in [0.2, 0.25) is 0 Å². The number of aromatic nitrogens is 1. The smallest absolute Gasteiger partial charge is 0.131 e. The normalized spacial score (nSPS) is 18.1. The van der Waals surface area contributed by atoms with Crippen molar-refractivity contribution in [2.24, 2.45) is 0 Å². The third-order valence-electron chi connectivity index (χ3n) is 4.36. The molecule has 1 aromatic heterocycles. The van der Waals surface area contributed by atoms with Gasteiger partial charge in [-0.1, -0.05) is 48.5 Å². The number of benzene rings is 2. The first kappa shape index (κ1) is 11.7. The van der Waals surface area contributed by atoms with Crippen molar-refractivity contribution in [3.05, 3.63) is 71.4 Å². The van der Waals surface area contributed by atoms with E-state index in [1.54, 1.807) is 0 Å². The molecule has 0 bridgehead atoms. The van der Waals surface area contributed by atoms with Crippen molar-refractivity contribution < 1.29 is 5.32 Å². The van der Waals surface area contributed by atoms with Gasteiger partial charge in [-0.15, -0.1) is 0 Å². The molecule has 0 unspecified atom stereocenters. The highest BCUT2D eigenvalue weighted by Crippen LogP contribution is 2.28. The molecule has 0 spiro atoms. The van der Waals surface area contributed by atoms with Crippen LogP contribution in [0, 0.1) is 0 Å². The Morgan fingerprint density at radius 1 is 1.00 bits per heavy atom. The topological polar surface area (TPSA) is 32.4 Å². The molecule has 2 heterocycles.